The highest BCUT2D eigenvalue weighted by molar-refractivity contribution is 5.94. The molecule has 1 amide bonds. The Hall–Kier alpha value is -1.64. The maximum absolute atomic E-state index is 12.5. The van der Waals surface area contributed by atoms with Crippen LogP contribution in [0, 0.1) is 5.41 Å². The molecule has 0 heterocycles. The molecule has 0 spiro atoms. The van der Waals surface area contributed by atoms with E-state index >= 15 is 0 Å². The first-order chi connectivity index (χ1) is 11.0. The van der Waals surface area contributed by atoms with Crippen LogP contribution in [0.2, 0.25) is 0 Å². The molecule has 1 aromatic rings. The Labute approximate surface area is 139 Å². The van der Waals surface area contributed by atoms with Crippen LogP contribution in [0.5, 0.6) is 0 Å². The van der Waals surface area contributed by atoms with E-state index in [4.69, 9.17) is 0 Å². The molecule has 0 aromatic heterocycles. The molecule has 5 nitrogen and oxygen atoms in total. The minimum absolute atomic E-state index is 0.235. The molecule has 24 heavy (non-hydrogen) atoms. The quantitative estimate of drug-likeness (QED) is 0.704. The summed E-state index contributed by atoms with van der Waals surface area (Å²) in [6.45, 7) is 3.13. The van der Waals surface area contributed by atoms with Crippen LogP contribution in [0.3, 0.4) is 0 Å². The molecule has 0 aliphatic rings. The van der Waals surface area contributed by atoms with Crippen LogP contribution >= 0.6 is 0 Å². The fourth-order valence-corrected chi connectivity index (χ4v) is 2.08. The number of carbonyl (C=O) groups excluding carboxylic acids is 1. The summed E-state index contributed by atoms with van der Waals surface area (Å²) in [5.41, 5.74) is -1.27. The van der Waals surface area contributed by atoms with E-state index in [9.17, 15) is 28.2 Å². The minimum Gasteiger partial charge on any atom is -0.396 e. The molecule has 0 bridgehead atoms. The van der Waals surface area contributed by atoms with Crippen molar-refractivity contribution in [2.45, 2.75) is 26.1 Å². The van der Waals surface area contributed by atoms with Crippen LogP contribution < -0.4 is 5.32 Å². The summed E-state index contributed by atoms with van der Waals surface area (Å²) in [6.07, 6.45) is -4.42. The summed E-state index contributed by atoms with van der Waals surface area (Å²) in [6, 6.07) is 3.60. The summed E-state index contributed by atoms with van der Waals surface area (Å²) in [4.78, 5) is 13.9. The summed E-state index contributed by atoms with van der Waals surface area (Å²) in [5, 5.41) is 21.2. The third-order valence-electron chi connectivity index (χ3n) is 3.91. The Morgan fingerprint density at radius 1 is 1.21 bits per heavy atom. The lowest BCUT2D eigenvalue weighted by Gasteiger charge is -2.33. The summed E-state index contributed by atoms with van der Waals surface area (Å²) < 4.78 is 37.5. The second-order valence-electron chi connectivity index (χ2n) is 6.28. The lowest BCUT2D eigenvalue weighted by Crippen LogP contribution is -2.46. The predicted molar refractivity (Wildman–Crippen MR) is 84.4 cm³/mol. The second-order valence-corrected chi connectivity index (χ2v) is 6.28. The van der Waals surface area contributed by atoms with Crippen molar-refractivity contribution in [3.8, 4) is 0 Å². The summed E-state index contributed by atoms with van der Waals surface area (Å²) in [7, 11) is 1.67. The van der Waals surface area contributed by atoms with Crippen molar-refractivity contribution >= 4 is 11.6 Å². The van der Waals surface area contributed by atoms with Crippen molar-refractivity contribution in [2.24, 2.45) is 5.41 Å². The van der Waals surface area contributed by atoms with E-state index < -0.39 is 29.1 Å². The number of amides is 1. The van der Waals surface area contributed by atoms with Gasteiger partial charge in [-0.2, -0.15) is 13.2 Å². The molecule has 0 aliphatic heterocycles. The van der Waals surface area contributed by atoms with Crippen LogP contribution in [0.1, 0.15) is 19.4 Å². The molecule has 0 aliphatic carbocycles. The predicted octanol–water partition coefficient (Wildman–Crippen LogP) is 1.96. The topological polar surface area (TPSA) is 72.8 Å². The molecule has 1 aromatic carbocycles. The van der Waals surface area contributed by atoms with Crippen LogP contribution in [-0.4, -0.2) is 53.9 Å². The molecule has 1 rings (SSSR count). The van der Waals surface area contributed by atoms with Gasteiger partial charge in [-0.05, 0) is 38.2 Å². The van der Waals surface area contributed by atoms with E-state index in [1.807, 2.05) is 0 Å². The number of aliphatic hydroxyl groups excluding tert-OH is 2. The van der Waals surface area contributed by atoms with Crippen molar-refractivity contribution in [1.82, 2.24) is 4.90 Å². The number of nitrogens with one attached hydrogen (secondary N) is 1. The first-order valence-corrected chi connectivity index (χ1v) is 7.42. The molecule has 8 heteroatoms. The molecule has 0 radical (unpaired) electrons. The highest BCUT2D eigenvalue weighted by Gasteiger charge is 2.30. The fourth-order valence-electron chi connectivity index (χ4n) is 2.08. The largest absolute Gasteiger partial charge is 0.416 e. The van der Waals surface area contributed by atoms with Gasteiger partial charge in [0.1, 0.15) is 0 Å². The second kappa shape index (κ2) is 7.96. The monoisotopic (exact) mass is 348 g/mol. The maximum atomic E-state index is 12.5. The average molecular weight is 348 g/mol. The number of aliphatic hydroxyl groups is 2. The SMILES string of the molecule is CC(C(=O)Nc1ccc(C(F)(F)F)cc1)N(C)CC(C)(CO)CO. The van der Waals surface area contributed by atoms with Gasteiger partial charge in [-0.1, -0.05) is 6.92 Å². The molecule has 1 atom stereocenters. The normalized spacial score (nSPS) is 13.9. The number of benzene rings is 1. The zero-order valence-electron chi connectivity index (χ0n) is 13.9. The van der Waals surface area contributed by atoms with Gasteiger partial charge in [0, 0.05) is 17.6 Å². The van der Waals surface area contributed by atoms with E-state index in [-0.39, 0.29) is 25.4 Å². The average Bonchev–Trinajstić information content (AvgIpc) is 2.53. The maximum Gasteiger partial charge on any atom is 0.416 e. The fraction of sp³-hybridized carbons (Fsp3) is 0.562. The third-order valence-corrected chi connectivity index (χ3v) is 3.91. The van der Waals surface area contributed by atoms with Crippen molar-refractivity contribution in [3.05, 3.63) is 29.8 Å². The number of likely N-dealkylation sites (N-methyl/N-ethyl adjacent to an activating group) is 1. The number of rotatable bonds is 7. The van der Waals surface area contributed by atoms with Gasteiger partial charge in [0.2, 0.25) is 5.91 Å². The van der Waals surface area contributed by atoms with E-state index in [0.717, 1.165) is 12.1 Å². The Morgan fingerprint density at radius 3 is 2.12 bits per heavy atom. The zero-order chi connectivity index (χ0) is 18.5. The molecule has 1 unspecified atom stereocenters. The molecule has 136 valence electrons. The van der Waals surface area contributed by atoms with Gasteiger partial charge < -0.3 is 15.5 Å². The number of hydrogen-bond acceptors (Lipinski definition) is 4. The molecular weight excluding hydrogens is 325 g/mol. The Kier molecular flexibility index (Phi) is 6.76. The van der Waals surface area contributed by atoms with Crippen LogP contribution in [0.15, 0.2) is 24.3 Å². The summed E-state index contributed by atoms with van der Waals surface area (Å²) in [5.74, 6) is -0.393. The first-order valence-electron chi connectivity index (χ1n) is 7.42. The lowest BCUT2D eigenvalue weighted by molar-refractivity contribution is -0.137. The first kappa shape index (κ1) is 20.4. The van der Waals surface area contributed by atoms with Gasteiger partial charge in [0.05, 0.1) is 24.8 Å². The van der Waals surface area contributed by atoms with Crippen molar-refractivity contribution < 1.29 is 28.2 Å². The number of alkyl halides is 3. The summed E-state index contributed by atoms with van der Waals surface area (Å²) >= 11 is 0. The molecule has 0 saturated heterocycles. The van der Waals surface area contributed by atoms with E-state index in [1.165, 1.54) is 12.1 Å². The van der Waals surface area contributed by atoms with Crippen LogP contribution in [0.25, 0.3) is 0 Å². The number of anilines is 1. The van der Waals surface area contributed by atoms with Gasteiger partial charge in [0.15, 0.2) is 0 Å². The minimum atomic E-state index is -4.42. The Bertz CT molecular complexity index is 542. The van der Waals surface area contributed by atoms with Crippen molar-refractivity contribution in [3.63, 3.8) is 0 Å². The molecular formula is C16H23F3N2O3. The number of carbonyl (C=O) groups is 1. The van der Waals surface area contributed by atoms with E-state index in [1.54, 1.807) is 25.8 Å². The third kappa shape index (κ3) is 5.47. The van der Waals surface area contributed by atoms with Gasteiger partial charge in [-0.15, -0.1) is 0 Å². The number of nitrogens with zero attached hydrogens (tertiary/aromatic N) is 1. The standard InChI is InChI=1S/C16H23F3N2O3/c1-11(21(3)8-15(2,9-22)10-23)14(24)20-13-6-4-12(5-7-13)16(17,18)19/h4-7,11,22-23H,8-10H2,1-3H3,(H,20,24). The number of hydrogen-bond donors (Lipinski definition) is 3. The lowest BCUT2D eigenvalue weighted by atomic mass is 9.92. The molecule has 3 N–H and O–H groups in total. The zero-order valence-corrected chi connectivity index (χ0v) is 13.9. The smallest absolute Gasteiger partial charge is 0.396 e. The highest BCUT2D eigenvalue weighted by atomic mass is 19.4. The highest BCUT2D eigenvalue weighted by Crippen LogP contribution is 2.29. The van der Waals surface area contributed by atoms with Gasteiger partial charge in [-0.25, -0.2) is 0 Å². The molecule has 0 saturated carbocycles. The molecule has 0 fully saturated rings. The van der Waals surface area contributed by atoms with Crippen molar-refractivity contribution in [2.75, 3.05) is 32.1 Å². The Morgan fingerprint density at radius 2 is 1.71 bits per heavy atom. The van der Waals surface area contributed by atoms with Gasteiger partial charge in [0.25, 0.3) is 0 Å². The van der Waals surface area contributed by atoms with E-state index in [0.29, 0.717) is 0 Å². The van der Waals surface area contributed by atoms with Crippen LogP contribution in [0.4, 0.5) is 18.9 Å². The number of halogens is 3. The Balaban J connectivity index is 2.70. The van der Waals surface area contributed by atoms with E-state index in [2.05, 4.69) is 5.32 Å². The van der Waals surface area contributed by atoms with Crippen molar-refractivity contribution in [1.29, 1.82) is 0 Å². The van der Waals surface area contributed by atoms with Gasteiger partial charge >= 0.3 is 6.18 Å². The van der Waals surface area contributed by atoms with Gasteiger partial charge in [-0.3, -0.25) is 9.69 Å². The van der Waals surface area contributed by atoms with Crippen LogP contribution in [-0.2, 0) is 11.0 Å².